The van der Waals surface area contributed by atoms with Gasteiger partial charge in [0.25, 0.3) is 0 Å². The molecule has 0 aromatic rings. The van der Waals surface area contributed by atoms with E-state index in [1.54, 1.807) is 12.2 Å². The number of hydrogen-bond donors (Lipinski definition) is 0. The highest BCUT2D eigenvalue weighted by molar-refractivity contribution is 5.82. The van der Waals surface area contributed by atoms with Gasteiger partial charge in [-0.15, -0.1) is 0 Å². The molecule has 0 saturated carbocycles. The van der Waals surface area contributed by atoms with E-state index in [9.17, 15) is 9.59 Å². The Balaban J connectivity index is 2.26. The lowest BCUT2D eigenvalue weighted by Crippen LogP contribution is -2.03. The maximum Gasteiger partial charge on any atom is 0.330 e. The van der Waals surface area contributed by atoms with E-state index in [1.165, 1.54) is 0 Å². The highest BCUT2D eigenvalue weighted by atomic mass is 16.5. The molecule has 1 aliphatic heterocycles. The van der Waals surface area contributed by atoms with Crippen molar-refractivity contribution in [2.24, 2.45) is 0 Å². The van der Waals surface area contributed by atoms with Crippen molar-refractivity contribution in [1.82, 2.24) is 0 Å². The summed E-state index contributed by atoms with van der Waals surface area (Å²) in [7, 11) is 0. The van der Waals surface area contributed by atoms with E-state index >= 15 is 0 Å². The molecule has 136 valence electrons. The standard InChI is InChI=1S/C20H32O4/c21-19-15-11-7-3-1-2-4-8-12-16-20(22)24-18-14-10-6-5-9-13-17-23-19/h11-12,15-16H,1-10,13-14,17-18H2. The molecule has 0 radical (unpaired) electrons. The summed E-state index contributed by atoms with van der Waals surface area (Å²) in [6, 6.07) is 0. The molecule has 24 heavy (non-hydrogen) atoms. The Labute approximate surface area is 146 Å². The number of ether oxygens (including phenoxy) is 2. The van der Waals surface area contributed by atoms with Gasteiger partial charge in [-0.05, 0) is 38.5 Å². The Morgan fingerprint density at radius 2 is 0.917 bits per heavy atom. The molecule has 0 aliphatic carbocycles. The first-order chi connectivity index (χ1) is 11.8. The lowest BCUT2D eigenvalue weighted by molar-refractivity contribution is -0.138. The molecule has 0 bridgehead atoms. The molecular formula is C20H32O4. The molecule has 1 heterocycles. The Kier molecular flexibility index (Phi) is 12.8. The van der Waals surface area contributed by atoms with Crippen LogP contribution < -0.4 is 0 Å². The van der Waals surface area contributed by atoms with Crippen LogP contribution in [0.25, 0.3) is 0 Å². The minimum atomic E-state index is -0.218. The Morgan fingerprint density at radius 1 is 0.542 bits per heavy atom. The number of carbonyl (C=O) groups is 2. The maximum absolute atomic E-state index is 11.5. The fourth-order valence-electron chi connectivity index (χ4n) is 2.59. The minimum Gasteiger partial charge on any atom is -0.463 e. The van der Waals surface area contributed by atoms with E-state index < -0.39 is 0 Å². The van der Waals surface area contributed by atoms with Crippen molar-refractivity contribution < 1.29 is 19.1 Å². The topological polar surface area (TPSA) is 52.6 Å². The summed E-state index contributed by atoms with van der Waals surface area (Å²) >= 11 is 0. The molecule has 0 atom stereocenters. The van der Waals surface area contributed by atoms with Gasteiger partial charge in [0.1, 0.15) is 0 Å². The van der Waals surface area contributed by atoms with Crippen molar-refractivity contribution in [1.29, 1.82) is 0 Å². The average Bonchev–Trinajstić information content (AvgIpc) is 2.57. The minimum absolute atomic E-state index is 0.218. The van der Waals surface area contributed by atoms with Gasteiger partial charge in [-0.25, -0.2) is 9.59 Å². The number of allylic oxidation sites excluding steroid dienone is 2. The van der Waals surface area contributed by atoms with E-state index in [1.807, 2.05) is 12.2 Å². The zero-order chi connectivity index (χ0) is 17.3. The van der Waals surface area contributed by atoms with Crippen LogP contribution in [0.3, 0.4) is 0 Å². The lowest BCUT2D eigenvalue weighted by Gasteiger charge is -2.04. The molecule has 1 aliphatic rings. The summed E-state index contributed by atoms with van der Waals surface area (Å²) in [4.78, 5) is 23.0. The van der Waals surface area contributed by atoms with Crippen LogP contribution in [0.5, 0.6) is 0 Å². The van der Waals surface area contributed by atoms with Gasteiger partial charge in [0.15, 0.2) is 0 Å². The molecule has 0 saturated heterocycles. The van der Waals surface area contributed by atoms with Crippen molar-refractivity contribution in [3.05, 3.63) is 24.3 Å². The largest absolute Gasteiger partial charge is 0.463 e. The summed E-state index contributed by atoms with van der Waals surface area (Å²) in [5, 5.41) is 0. The molecule has 0 N–H and O–H groups in total. The number of carbonyl (C=O) groups excluding carboxylic acids is 2. The second-order valence-electron chi connectivity index (χ2n) is 6.25. The van der Waals surface area contributed by atoms with E-state index in [-0.39, 0.29) is 11.9 Å². The van der Waals surface area contributed by atoms with Crippen LogP contribution in [0.2, 0.25) is 0 Å². The van der Waals surface area contributed by atoms with Gasteiger partial charge in [0.2, 0.25) is 0 Å². The number of hydrogen-bond acceptors (Lipinski definition) is 4. The molecule has 0 amide bonds. The normalized spacial score (nSPS) is 21.2. The Morgan fingerprint density at radius 3 is 1.38 bits per heavy atom. The lowest BCUT2D eigenvalue weighted by atomic mass is 10.1. The van der Waals surface area contributed by atoms with Gasteiger partial charge in [-0.3, -0.25) is 0 Å². The summed E-state index contributed by atoms with van der Waals surface area (Å²) in [6.07, 6.45) is 19.4. The molecule has 4 heteroatoms. The number of rotatable bonds is 0. The number of cyclic esters (lactones) is 2. The van der Waals surface area contributed by atoms with E-state index in [0.29, 0.717) is 13.2 Å². The van der Waals surface area contributed by atoms with Crippen LogP contribution >= 0.6 is 0 Å². The Hall–Kier alpha value is -1.58. The van der Waals surface area contributed by atoms with Crippen molar-refractivity contribution in [2.45, 2.75) is 77.0 Å². The van der Waals surface area contributed by atoms with Crippen LogP contribution in [0.4, 0.5) is 0 Å². The predicted molar refractivity (Wildman–Crippen MR) is 95.6 cm³/mol. The molecule has 0 aromatic heterocycles. The zero-order valence-electron chi connectivity index (χ0n) is 14.8. The molecule has 0 spiro atoms. The first-order valence-corrected chi connectivity index (χ1v) is 9.45. The Bertz CT molecular complexity index is 360. The first kappa shape index (κ1) is 20.5. The molecule has 0 unspecified atom stereocenters. The maximum atomic E-state index is 11.5. The molecular weight excluding hydrogens is 304 g/mol. The van der Waals surface area contributed by atoms with Gasteiger partial charge < -0.3 is 9.47 Å². The molecule has 4 nitrogen and oxygen atoms in total. The third-order valence-electron chi connectivity index (χ3n) is 4.03. The highest BCUT2D eigenvalue weighted by Gasteiger charge is 1.99. The van der Waals surface area contributed by atoms with Gasteiger partial charge in [-0.1, -0.05) is 50.7 Å². The quantitative estimate of drug-likeness (QED) is 0.592. The second-order valence-corrected chi connectivity index (χ2v) is 6.25. The van der Waals surface area contributed by atoms with Crippen molar-refractivity contribution in [2.75, 3.05) is 13.2 Å². The summed E-state index contributed by atoms with van der Waals surface area (Å²) < 4.78 is 10.4. The van der Waals surface area contributed by atoms with E-state index in [0.717, 1.165) is 77.0 Å². The zero-order valence-corrected chi connectivity index (χ0v) is 14.8. The summed E-state index contributed by atoms with van der Waals surface area (Å²) in [5.74, 6) is -0.437. The monoisotopic (exact) mass is 336 g/mol. The third-order valence-corrected chi connectivity index (χ3v) is 4.03. The van der Waals surface area contributed by atoms with Crippen LogP contribution in [0, 0.1) is 0 Å². The molecule has 0 aromatic carbocycles. The van der Waals surface area contributed by atoms with Gasteiger partial charge in [0, 0.05) is 12.2 Å². The fourth-order valence-corrected chi connectivity index (χ4v) is 2.59. The second kappa shape index (κ2) is 15.0. The summed E-state index contributed by atoms with van der Waals surface area (Å²) in [6.45, 7) is 1.01. The molecule has 1 rings (SSSR count). The van der Waals surface area contributed by atoms with Crippen molar-refractivity contribution in [3.8, 4) is 0 Å². The smallest absolute Gasteiger partial charge is 0.330 e. The van der Waals surface area contributed by atoms with Gasteiger partial charge in [-0.2, -0.15) is 0 Å². The van der Waals surface area contributed by atoms with Gasteiger partial charge in [0.05, 0.1) is 13.2 Å². The van der Waals surface area contributed by atoms with Crippen LogP contribution in [-0.2, 0) is 19.1 Å². The van der Waals surface area contributed by atoms with E-state index in [4.69, 9.17) is 9.47 Å². The molecule has 0 fully saturated rings. The van der Waals surface area contributed by atoms with Crippen LogP contribution in [0.1, 0.15) is 77.0 Å². The third kappa shape index (κ3) is 12.9. The SMILES string of the molecule is O=C1C=CCCCCCCC=CC(=O)OCCCCCCCCO1. The summed E-state index contributed by atoms with van der Waals surface area (Å²) in [5.41, 5.74) is 0. The van der Waals surface area contributed by atoms with Crippen LogP contribution in [-0.4, -0.2) is 25.2 Å². The predicted octanol–water partition coefficient (Wildman–Crippen LogP) is 4.88. The van der Waals surface area contributed by atoms with Crippen LogP contribution in [0.15, 0.2) is 24.3 Å². The number of esters is 2. The van der Waals surface area contributed by atoms with Crippen molar-refractivity contribution in [3.63, 3.8) is 0 Å². The average molecular weight is 336 g/mol. The van der Waals surface area contributed by atoms with Gasteiger partial charge >= 0.3 is 11.9 Å². The van der Waals surface area contributed by atoms with E-state index in [2.05, 4.69) is 0 Å². The van der Waals surface area contributed by atoms with Crippen molar-refractivity contribution >= 4 is 11.9 Å². The highest BCUT2D eigenvalue weighted by Crippen LogP contribution is 2.08. The first-order valence-electron chi connectivity index (χ1n) is 9.45. The fraction of sp³-hybridized carbons (Fsp3) is 0.700.